The summed E-state index contributed by atoms with van der Waals surface area (Å²) in [5.41, 5.74) is 0. The standard InChI is InChI=1S/2CH2O3.5H2O.Zr/c2*2-1(3)4;;;;;;/h2*(H2,2,3,4);5*1H2;/q;;;;;;;+4/p-4. The normalized spacial score (nSPS) is 3.43. The molecule has 0 bridgehead atoms. The molecule has 0 aliphatic heterocycles. The number of carboxylic acid groups (broad SMARTS) is 4. The second-order valence-electron chi connectivity index (χ2n) is 0.500. The van der Waals surface area contributed by atoms with Gasteiger partial charge in [-0.3, -0.25) is 0 Å². The van der Waals surface area contributed by atoms with Crippen LogP contribution < -0.4 is 20.4 Å². The van der Waals surface area contributed by atoms with Crippen molar-refractivity contribution in [3.8, 4) is 0 Å². The molecule has 0 saturated heterocycles. The summed E-state index contributed by atoms with van der Waals surface area (Å²) in [6.07, 6.45) is -4.67. The second-order valence-corrected chi connectivity index (χ2v) is 0.500. The molecule has 0 rings (SSSR count). The monoisotopic (exact) mass is 300 g/mol. The van der Waals surface area contributed by atoms with Gasteiger partial charge in [-0.1, -0.05) is 0 Å². The average Bonchev–Trinajstić information content (AvgIpc) is 1.25. The maximum atomic E-state index is 8.33. The smallest absolute Gasteiger partial charge is 0.652 e. The maximum absolute atomic E-state index is 8.33. The van der Waals surface area contributed by atoms with E-state index in [2.05, 4.69) is 0 Å². The van der Waals surface area contributed by atoms with E-state index >= 15 is 0 Å². The Hall–Kier alpha value is -0.777. The summed E-state index contributed by atoms with van der Waals surface area (Å²) in [6.45, 7) is 0. The van der Waals surface area contributed by atoms with Gasteiger partial charge in [-0.25, -0.2) is 0 Å². The average molecular weight is 301 g/mol. The van der Waals surface area contributed by atoms with E-state index < -0.39 is 12.3 Å². The van der Waals surface area contributed by atoms with Crippen molar-refractivity contribution in [2.75, 3.05) is 0 Å². The first-order chi connectivity index (χ1) is 3.46. The maximum Gasteiger partial charge on any atom is 4.00 e. The number of carbonyl (C=O) groups excluding carboxylic acids is 2. The van der Waals surface area contributed by atoms with Crippen LogP contribution in [0.4, 0.5) is 9.59 Å². The van der Waals surface area contributed by atoms with Crippen LogP contribution in [-0.4, -0.2) is 39.7 Å². The summed E-state index contributed by atoms with van der Waals surface area (Å²) in [4.78, 5) is 16.7. The molecule has 88 valence electrons. The zero-order valence-electron chi connectivity index (χ0n) is 6.45. The molecule has 0 radical (unpaired) electrons. The van der Waals surface area contributed by atoms with Gasteiger partial charge >= 0.3 is 26.2 Å². The van der Waals surface area contributed by atoms with Gasteiger partial charge in [0.05, 0.1) is 0 Å². The third-order valence-corrected chi connectivity index (χ3v) is 0. The summed E-state index contributed by atoms with van der Waals surface area (Å²) in [5.74, 6) is 0. The zero-order valence-corrected chi connectivity index (χ0v) is 8.91. The molecule has 11 nitrogen and oxygen atoms in total. The SMILES string of the molecule is O.O.O.O.O.O=C([O-])[O-].O=C([O-])[O-].[Zr+4]. The molecule has 0 aliphatic rings. The summed E-state index contributed by atoms with van der Waals surface area (Å²) >= 11 is 0. The molecule has 0 amide bonds. The third kappa shape index (κ3) is 1940. The second kappa shape index (κ2) is 56.4. The van der Waals surface area contributed by atoms with Crippen molar-refractivity contribution in [2.24, 2.45) is 0 Å². The Morgan fingerprint density at radius 2 is 0.571 bits per heavy atom. The molecule has 0 heterocycles. The third-order valence-electron chi connectivity index (χ3n) is 0. The molecule has 0 aromatic rings. The molecule has 0 aromatic carbocycles. The van der Waals surface area contributed by atoms with Crippen LogP contribution in [0.3, 0.4) is 0 Å². The van der Waals surface area contributed by atoms with E-state index in [9.17, 15) is 0 Å². The van der Waals surface area contributed by atoms with Crippen LogP contribution in [0.1, 0.15) is 0 Å². The fraction of sp³-hybridized carbons (Fsp3) is 0. The summed E-state index contributed by atoms with van der Waals surface area (Å²) < 4.78 is 0. The molecule has 0 saturated carbocycles. The van der Waals surface area contributed by atoms with Gasteiger partial charge in [0, 0.05) is 0 Å². The van der Waals surface area contributed by atoms with Crippen LogP contribution in [0, 0.1) is 0 Å². The van der Waals surface area contributed by atoms with E-state index in [4.69, 9.17) is 30.0 Å². The van der Waals surface area contributed by atoms with Crippen molar-refractivity contribution >= 4 is 12.3 Å². The van der Waals surface area contributed by atoms with E-state index in [1.807, 2.05) is 0 Å². The van der Waals surface area contributed by atoms with E-state index in [0.717, 1.165) is 0 Å². The van der Waals surface area contributed by atoms with Crippen molar-refractivity contribution in [2.45, 2.75) is 0 Å². The Morgan fingerprint density at radius 3 is 0.571 bits per heavy atom. The van der Waals surface area contributed by atoms with Gasteiger partial charge in [-0.05, 0) is 12.3 Å². The summed E-state index contributed by atoms with van der Waals surface area (Å²) in [5, 5.41) is 33.3. The van der Waals surface area contributed by atoms with Gasteiger partial charge in [0.2, 0.25) is 0 Å². The Bertz CT molecular complexity index is 71.3. The Balaban J connectivity index is -0.00000000600. The quantitative estimate of drug-likeness (QED) is 0.417. The van der Waals surface area contributed by atoms with E-state index in [0.29, 0.717) is 0 Å². The van der Waals surface area contributed by atoms with Crippen LogP contribution in [-0.2, 0) is 26.2 Å². The van der Waals surface area contributed by atoms with Crippen LogP contribution in [0.2, 0.25) is 0 Å². The predicted molar refractivity (Wildman–Crippen MR) is 28.9 cm³/mol. The molecule has 10 N–H and O–H groups in total. The minimum atomic E-state index is -2.33. The summed E-state index contributed by atoms with van der Waals surface area (Å²) in [7, 11) is 0. The largest absolute Gasteiger partial charge is 4.00 e. The van der Waals surface area contributed by atoms with Gasteiger partial charge in [0.15, 0.2) is 0 Å². The fourth-order valence-electron chi connectivity index (χ4n) is 0. The van der Waals surface area contributed by atoms with Gasteiger partial charge < -0.3 is 57.4 Å². The van der Waals surface area contributed by atoms with Gasteiger partial charge in [0.25, 0.3) is 0 Å². The van der Waals surface area contributed by atoms with Crippen LogP contribution >= 0.6 is 0 Å². The fourth-order valence-corrected chi connectivity index (χ4v) is 0. The van der Waals surface area contributed by atoms with Gasteiger partial charge in [0.1, 0.15) is 0 Å². The van der Waals surface area contributed by atoms with E-state index in [1.54, 1.807) is 0 Å². The Kier molecular flexibility index (Phi) is 292. The molecule has 14 heavy (non-hydrogen) atoms. The van der Waals surface area contributed by atoms with Crippen molar-refractivity contribution in [1.29, 1.82) is 0 Å². The van der Waals surface area contributed by atoms with Crippen LogP contribution in [0.25, 0.3) is 0 Å². The first-order valence-electron chi connectivity index (χ1n) is 1.22. The molecule has 0 spiro atoms. The Morgan fingerprint density at radius 1 is 0.571 bits per heavy atom. The summed E-state index contributed by atoms with van der Waals surface area (Å²) in [6, 6.07) is 0. The molecule has 0 aliphatic carbocycles. The van der Waals surface area contributed by atoms with Crippen molar-refractivity contribution in [3.63, 3.8) is 0 Å². The molecular weight excluding hydrogens is 291 g/mol. The van der Waals surface area contributed by atoms with Crippen molar-refractivity contribution < 1.29 is 83.6 Å². The molecular formula is C2H10O11Zr. The topological polar surface area (TPSA) is 284 Å². The minimum Gasteiger partial charge on any atom is -0.652 e. The molecule has 0 atom stereocenters. The van der Waals surface area contributed by atoms with Crippen molar-refractivity contribution in [1.82, 2.24) is 0 Å². The van der Waals surface area contributed by atoms with E-state index in [1.165, 1.54) is 0 Å². The number of hydrogen-bond acceptors (Lipinski definition) is 6. The Labute approximate surface area is 96.3 Å². The predicted octanol–water partition coefficient (Wildman–Crippen LogP) is -9.02. The van der Waals surface area contributed by atoms with Crippen LogP contribution in [0.15, 0.2) is 0 Å². The zero-order chi connectivity index (χ0) is 7.15. The first kappa shape index (κ1) is 72.4. The minimum absolute atomic E-state index is 0. The van der Waals surface area contributed by atoms with Crippen LogP contribution in [0.5, 0.6) is 0 Å². The van der Waals surface area contributed by atoms with E-state index in [-0.39, 0.29) is 53.6 Å². The molecule has 0 aromatic heterocycles. The number of hydrogen-bond donors (Lipinski definition) is 0. The van der Waals surface area contributed by atoms with Gasteiger partial charge in [-0.15, -0.1) is 0 Å². The van der Waals surface area contributed by atoms with Crippen molar-refractivity contribution in [3.05, 3.63) is 0 Å². The molecule has 0 fully saturated rings. The number of carbonyl (C=O) groups is 2. The molecule has 0 unspecified atom stereocenters. The first-order valence-corrected chi connectivity index (χ1v) is 1.22. The van der Waals surface area contributed by atoms with Gasteiger partial charge in [-0.2, -0.15) is 0 Å². The molecule has 12 heteroatoms. The number of rotatable bonds is 0.